The Bertz CT molecular complexity index is 229. The monoisotopic (exact) mass is 226 g/mol. The van der Waals surface area contributed by atoms with Gasteiger partial charge in [0.1, 0.15) is 6.61 Å². The summed E-state index contributed by atoms with van der Waals surface area (Å²) in [5.41, 5.74) is 0. The molecule has 3 heteroatoms. The Labute approximate surface area is 97.8 Å². The molecule has 92 valence electrons. The maximum absolute atomic E-state index is 11.0. The molecular weight excluding hydrogens is 204 g/mol. The van der Waals surface area contributed by atoms with Crippen LogP contribution in [0.1, 0.15) is 39.5 Å². The number of esters is 1. The fourth-order valence-electron chi connectivity index (χ4n) is 2.12. The summed E-state index contributed by atoms with van der Waals surface area (Å²) in [5, 5.41) is 0. The molecular formula is C13H22O3. The van der Waals surface area contributed by atoms with Gasteiger partial charge in [0, 0.05) is 6.08 Å². The Morgan fingerprint density at radius 1 is 1.38 bits per heavy atom. The van der Waals surface area contributed by atoms with E-state index in [0.29, 0.717) is 25.2 Å². The first-order valence-electron chi connectivity index (χ1n) is 6.15. The van der Waals surface area contributed by atoms with Crippen molar-refractivity contribution in [3.63, 3.8) is 0 Å². The third-order valence-electron chi connectivity index (χ3n) is 3.07. The van der Waals surface area contributed by atoms with E-state index in [-0.39, 0.29) is 5.97 Å². The Morgan fingerprint density at radius 2 is 2.06 bits per heavy atom. The summed E-state index contributed by atoms with van der Waals surface area (Å²) in [6, 6.07) is 0. The van der Waals surface area contributed by atoms with E-state index in [1.165, 1.54) is 31.8 Å². The molecule has 0 aliphatic heterocycles. The van der Waals surface area contributed by atoms with E-state index in [2.05, 4.69) is 6.92 Å². The first-order valence-corrected chi connectivity index (χ1v) is 6.15. The molecule has 1 saturated carbocycles. The van der Waals surface area contributed by atoms with Crippen molar-refractivity contribution in [1.29, 1.82) is 0 Å². The molecule has 1 fully saturated rings. The molecule has 0 aromatic rings. The average molecular weight is 226 g/mol. The highest BCUT2D eigenvalue weighted by Crippen LogP contribution is 2.28. The van der Waals surface area contributed by atoms with E-state index >= 15 is 0 Å². The van der Waals surface area contributed by atoms with E-state index in [0.717, 1.165) is 0 Å². The molecule has 0 heterocycles. The predicted molar refractivity (Wildman–Crippen MR) is 63.1 cm³/mol. The average Bonchev–Trinajstić information content (AvgIpc) is 2.78. The Kier molecular flexibility index (Phi) is 6.16. The number of ether oxygens (including phenoxy) is 2. The van der Waals surface area contributed by atoms with Gasteiger partial charge in [-0.05, 0) is 32.6 Å². The number of carbonyl (C=O) groups is 1. The molecule has 0 radical (unpaired) electrons. The second-order valence-electron chi connectivity index (χ2n) is 4.29. The van der Waals surface area contributed by atoms with Crippen molar-refractivity contribution in [2.75, 3.05) is 13.2 Å². The number of hydrogen-bond donors (Lipinski definition) is 0. The van der Waals surface area contributed by atoms with Crippen LogP contribution in [-0.2, 0) is 14.3 Å². The Morgan fingerprint density at radius 3 is 2.69 bits per heavy atom. The van der Waals surface area contributed by atoms with Gasteiger partial charge >= 0.3 is 5.97 Å². The predicted octanol–water partition coefficient (Wildman–Crippen LogP) is 2.70. The molecule has 0 aromatic heterocycles. The molecule has 1 atom stereocenters. The molecule has 3 nitrogen and oxygen atoms in total. The molecule has 1 unspecified atom stereocenters. The Hall–Kier alpha value is -0.830. The molecule has 1 aliphatic rings. The lowest BCUT2D eigenvalue weighted by Crippen LogP contribution is -2.21. The van der Waals surface area contributed by atoms with E-state index in [1.54, 1.807) is 13.0 Å². The van der Waals surface area contributed by atoms with Crippen molar-refractivity contribution in [2.45, 2.75) is 45.6 Å². The summed E-state index contributed by atoms with van der Waals surface area (Å²) >= 11 is 0. The van der Waals surface area contributed by atoms with E-state index < -0.39 is 0 Å². The van der Waals surface area contributed by atoms with Crippen LogP contribution in [0, 0.1) is 5.92 Å². The smallest absolute Gasteiger partial charge is 0.330 e. The summed E-state index contributed by atoms with van der Waals surface area (Å²) in [5.74, 6) is 0.408. The van der Waals surface area contributed by atoms with Crippen molar-refractivity contribution in [3.8, 4) is 0 Å². The standard InChI is InChI=1S/C13H22O3/c1-3-6-13(14)16-10-9-15-11(2)12-7-4-5-8-12/h3,6,11-12H,4-5,7-10H2,1-2H3/b6-3+. The second-order valence-corrected chi connectivity index (χ2v) is 4.29. The van der Waals surface area contributed by atoms with E-state index in [9.17, 15) is 4.79 Å². The van der Waals surface area contributed by atoms with Crippen molar-refractivity contribution >= 4 is 5.97 Å². The van der Waals surface area contributed by atoms with Crippen LogP contribution < -0.4 is 0 Å². The van der Waals surface area contributed by atoms with Crippen molar-refractivity contribution in [2.24, 2.45) is 5.92 Å². The summed E-state index contributed by atoms with van der Waals surface area (Å²) in [4.78, 5) is 11.0. The van der Waals surface area contributed by atoms with Gasteiger partial charge in [-0.15, -0.1) is 0 Å². The molecule has 0 N–H and O–H groups in total. The Balaban J connectivity index is 2.03. The molecule has 0 bridgehead atoms. The zero-order chi connectivity index (χ0) is 11.8. The maximum Gasteiger partial charge on any atom is 0.330 e. The van der Waals surface area contributed by atoms with Crippen molar-refractivity contribution in [1.82, 2.24) is 0 Å². The lowest BCUT2D eigenvalue weighted by molar-refractivity contribution is -0.140. The van der Waals surface area contributed by atoms with Gasteiger partial charge in [0.2, 0.25) is 0 Å². The summed E-state index contributed by atoms with van der Waals surface area (Å²) in [7, 11) is 0. The number of allylic oxidation sites excluding steroid dienone is 1. The van der Waals surface area contributed by atoms with Crippen LogP contribution >= 0.6 is 0 Å². The minimum Gasteiger partial charge on any atom is -0.460 e. The van der Waals surface area contributed by atoms with Gasteiger partial charge in [0.05, 0.1) is 12.7 Å². The third-order valence-corrected chi connectivity index (χ3v) is 3.07. The highest BCUT2D eigenvalue weighted by atomic mass is 16.6. The highest BCUT2D eigenvalue weighted by Gasteiger charge is 2.21. The molecule has 0 spiro atoms. The van der Waals surface area contributed by atoms with Crippen LogP contribution in [0.2, 0.25) is 0 Å². The minimum atomic E-state index is -0.292. The number of carbonyl (C=O) groups excluding carboxylic acids is 1. The summed E-state index contributed by atoms with van der Waals surface area (Å²) in [6.07, 6.45) is 8.59. The molecule has 16 heavy (non-hydrogen) atoms. The minimum absolute atomic E-state index is 0.292. The number of rotatable bonds is 6. The van der Waals surface area contributed by atoms with Gasteiger partial charge in [-0.2, -0.15) is 0 Å². The van der Waals surface area contributed by atoms with Crippen LogP contribution in [0.25, 0.3) is 0 Å². The van der Waals surface area contributed by atoms with Gasteiger partial charge in [0.15, 0.2) is 0 Å². The van der Waals surface area contributed by atoms with Crippen LogP contribution in [0.5, 0.6) is 0 Å². The second kappa shape index (κ2) is 7.44. The lowest BCUT2D eigenvalue weighted by atomic mass is 10.0. The SMILES string of the molecule is C/C=C/C(=O)OCCOC(C)C1CCCC1. The summed E-state index contributed by atoms with van der Waals surface area (Å²) in [6.45, 7) is 4.75. The topological polar surface area (TPSA) is 35.5 Å². The maximum atomic E-state index is 11.0. The first kappa shape index (κ1) is 13.2. The fourth-order valence-corrected chi connectivity index (χ4v) is 2.12. The number of hydrogen-bond acceptors (Lipinski definition) is 3. The molecule has 1 rings (SSSR count). The quantitative estimate of drug-likeness (QED) is 0.397. The van der Waals surface area contributed by atoms with E-state index in [1.807, 2.05) is 0 Å². The van der Waals surface area contributed by atoms with E-state index in [4.69, 9.17) is 9.47 Å². The van der Waals surface area contributed by atoms with Crippen LogP contribution in [0.3, 0.4) is 0 Å². The zero-order valence-electron chi connectivity index (χ0n) is 10.3. The molecule has 0 aromatic carbocycles. The van der Waals surface area contributed by atoms with Gasteiger partial charge in [0.25, 0.3) is 0 Å². The largest absolute Gasteiger partial charge is 0.460 e. The van der Waals surface area contributed by atoms with Gasteiger partial charge < -0.3 is 9.47 Å². The van der Waals surface area contributed by atoms with Crippen LogP contribution in [0.15, 0.2) is 12.2 Å². The van der Waals surface area contributed by atoms with Gasteiger partial charge in [-0.1, -0.05) is 18.9 Å². The van der Waals surface area contributed by atoms with Gasteiger partial charge in [-0.25, -0.2) is 4.79 Å². The zero-order valence-corrected chi connectivity index (χ0v) is 10.3. The molecule has 0 amide bonds. The van der Waals surface area contributed by atoms with Crippen molar-refractivity contribution < 1.29 is 14.3 Å². The summed E-state index contributed by atoms with van der Waals surface area (Å²) < 4.78 is 10.6. The first-order chi connectivity index (χ1) is 7.74. The molecule has 0 saturated heterocycles. The van der Waals surface area contributed by atoms with Crippen molar-refractivity contribution in [3.05, 3.63) is 12.2 Å². The lowest BCUT2D eigenvalue weighted by Gasteiger charge is -2.19. The molecule has 1 aliphatic carbocycles. The third kappa shape index (κ3) is 4.79. The highest BCUT2D eigenvalue weighted by molar-refractivity contribution is 5.81. The normalized spacial score (nSPS) is 19.1. The fraction of sp³-hybridized carbons (Fsp3) is 0.769. The van der Waals surface area contributed by atoms with Gasteiger partial charge in [-0.3, -0.25) is 0 Å². The van der Waals surface area contributed by atoms with Crippen LogP contribution in [-0.4, -0.2) is 25.3 Å². The van der Waals surface area contributed by atoms with Crippen LogP contribution in [0.4, 0.5) is 0 Å².